The smallest absolute Gasteiger partial charge is 0.208 e. The van der Waals surface area contributed by atoms with Crippen molar-refractivity contribution in [1.82, 2.24) is 4.98 Å². The Morgan fingerprint density at radius 2 is 1.57 bits per heavy atom. The summed E-state index contributed by atoms with van der Waals surface area (Å²) in [7, 11) is -3.70. The second-order valence-corrected chi connectivity index (χ2v) is 7.09. The molecule has 2 aromatic carbocycles. The SMILES string of the molecule is Cc1ccc(S(=O)(=O)c2cccnc2-c2ccc(F)cc2)cc1. The van der Waals surface area contributed by atoms with Crippen LogP contribution in [0.2, 0.25) is 0 Å². The van der Waals surface area contributed by atoms with E-state index in [-0.39, 0.29) is 15.6 Å². The number of hydrogen-bond donors (Lipinski definition) is 0. The van der Waals surface area contributed by atoms with Crippen LogP contribution in [0.4, 0.5) is 4.39 Å². The summed E-state index contributed by atoms with van der Waals surface area (Å²) in [5.74, 6) is -0.382. The molecule has 0 aliphatic rings. The van der Waals surface area contributed by atoms with Gasteiger partial charge in [-0.15, -0.1) is 0 Å². The van der Waals surface area contributed by atoms with Gasteiger partial charge in [-0.25, -0.2) is 12.8 Å². The van der Waals surface area contributed by atoms with Gasteiger partial charge in [0, 0.05) is 11.8 Å². The highest BCUT2D eigenvalue weighted by Crippen LogP contribution is 2.29. The molecule has 5 heteroatoms. The number of nitrogens with zero attached hydrogens (tertiary/aromatic N) is 1. The van der Waals surface area contributed by atoms with Crippen molar-refractivity contribution in [2.45, 2.75) is 16.7 Å². The summed E-state index contributed by atoms with van der Waals surface area (Å²) in [5, 5.41) is 0. The maximum Gasteiger partial charge on any atom is 0.208 e. The summed E-state index contributed by atoms with van der Waals surface area (Å²) >= 11 is 0. The Hall–Kier alpha value is -2.53. The number of pyridine rings is 1. The van der Waals surface area contributed by atoms with Crippen molar-refractivity contribution in [3.05, 3.63) is 78.2 Å². The second-order valence-electron chi connectivity index (χ2n) is 5.17. The van der Waals surface area contributed by atoms with E-state index in [0.29, 0.717) is 11.3 Å². The van der Waals surface area contributed by atoms with Crippen molar-refractivity contribution >= 4 is 9.84 Å². The van der Waals surface area contributed by atoms with Crippen molar-refractivity contribution in [3.63, 3.8) is 0 Å². The maximum absolute atomic E-state index is 13.1. The zero-order chi connectivity index (χ0) is 16.4. The molecule has 0 saturated heterocycles. The molecule has 0 fully saturated rings. The van der Waals surface area contributed by atoms with Gasteiger partial charge in [0.25, 0.3) is 0 Å². The van der Waals surface area contributed by atoms with Crippen LogP contribution < -0.4 is 0 Å². The Morgan fingerprint density at radius 3 is 2.22 bits per heavy atom. The van der Waals surface area contributed by atoms with E-state index in [1.807, 2.05) is 6.92 Å². The van der Waals surface area contributed by atoms with Gasteiger partial charge in [0.15, 0.2) is 0 Å². The zero-order valence-electron chi connectivity index (χ0n) is 12.4. The number of halogens is 1. The van der Waals surface area contributed by atoms with Gasteiger partial charge >= 0.3 is 0 Å². The van der Waals surface area contributed by atoms with Crippen LogP contribution in [-0.2, 0) is 9.84 Å². The summed E-state index contributed by atoms with van der Waals surface area (Å²) in [6.07, 6.45) is 1.52. The molecule has 0 aliphatic carbocycles. The van der Waals surface area contributed by atoms with Crippen LogP contribution in [0.1, 0.15) is 5.56 Å². The molecule has 1 heterocycles. The van der Waals surface area contributed by atoms with E-state index in [9.17, 15) is 12.8 Å². The first-order chi connectivity index (χ1) is 11.0. The lowest BCUT2D eigenvalue weighted by atomic mass is 10.1. The minimum atomic E-state index is -3.70. The number of sulfone groups is 1. The Bertz CT molecular complexity index is 934. The molecular weight excluding hydrogens is 313 g/mol. The molecule has 0 saturated carbocycles. The molecule has 23 heavy (non-hydrogen) atoms. The maximum atomic E-state index is 13.1. The fourth-order valence-corrected chi connectivity index (χ4v) is 3.71. The molecular formula is C18H14FNO2S. The average Bonchev–Trinajstić information content (AvgIpc) is 2.56. The van der Waals surface area contributed by atoms with Gasteiger partial charge in [-0.05, 0) is 55.5 Å². The highest BCUT2D eigenvalue weighted by molar-refractivity contribution is 7.91. The van der Waals surface area contributed by atoms with Gasteiger partial charge in [0.05, 0.1) is 15.5 Å². The molecule has 0 radical (unpaired) electrons. The molecule has 0 bridgehead atoms. The van der Waals surface area contributed by atoms with Crippen LogP contribution in [0, 0.1) is 12.7 Å². The van der Waals surface area contributed by atoms with Crippen molar-refractivity contribution in [2.75, 3.05) is 0 Å². The van der Waals surface area contributed by atoms with Crippen LogP contribution >= 0.6 is 0 Å². The van der Waals surface area contributed by atoms with E-state index >= 15 is 0 Å². The fourth-order valence-electron chi connectivity index (χ4n) is 2.28. The zero-order valence-corrected chi connectivity index (χ0v) is 13.2. The van der Waals surface area contributed by atoms with Gasteiger partial charge in [-0.2, -0.15) is 0 Å². The summed E-state index contributed by atoms with van der Waals surface area (Å²) < 4.78 is 38.9. The number of benzene rings is 2. The van der Waals surface area contributed by atoms with Crippen LogP contribution in [0.3, 0.4) is 0 Å². The van der Waals surface area contributed by atoms with Crippen molar-refractivity contribution in [1.29, 1.82) is 0 Å². The molecule has 0 unspecified atom stereocenters. The third-order valence-electron chi connectivity index (χ3n) is 3.51. The molecule has 0 spiro atoms. The molecule has 0 aliphatic heterocycles. The lowest BCUT2D eigenvalue weighted by Gasteiger charge is -2.10. The Labute approximate surface area is 134 Å². The van der Waals surface area contributed by atoms with Crippen LogP contribution in [-0.4, -0.2) is 13.4 Å². The lowest BCUT2D eigenvalue weighted by molar-refractivity contribution is 0.596. The van der Waals surface area contributed by atoms with E-state index in [1.165, 1.54) is 36.5 Å². The van der Waals surface area contributed by atoms with Gasteiger partial charge in [-0.1, -0.05) is 17.7 Å². The molecule has 116 valence electrons. The topological polar surface area (TPSA) is 47.0 Å². The molecule has 0 N–H and O–H groups in total. The third-order valence-corrected chi connectivity index (χ3v) is 5.31. The third kappa shape index (κ3) is 3.00. The van der Waals surface area contributed by atoms with Crippen LogP contribution in [0.25, 0.3) is 11.3 Å². The number of aryl methyl sites for hydroxylation is 1. The van der Waals surface area contributed by atoms with E-state index in [2.05, 4.69) is 4.98 Å². The molecule has 1 aromatic heterocycles. The van der Waals surface area contributed by atoms with Crippen molar-refractivity contribution in [2.24, 2.45) is 0 Å². The highest BCUT2D eigenvalue weighted by atomic mass is 32.2. The lowest BCUT2D eigenvalue weighted by Crippen LogP contribution is -2.05. The molecule has 0 atom stereocenters. The largest absolute Gasteiger partial charge is 0.255 e. The average molecular weight is 327 g/mol. The van der Waals surface area contributed by atoms with E-state index in [0.717, 1.165) is 5.56 Å². The summed E-state index contributed by atoms with van der Waals surface area (Å²) in [4.78, 5) is 4.50. The Morgan fingerprint density at radius 1 is 0.913 bits per heavy atom. The minimum absolute atomic E-state index is 0.107. The van der Waals surface area contributed by atoms with E-state index in [4.69, 9.17) is 0 Å². The van der Waals surface area contributed by atoms with Gasteiger partial charge in [0.1, 0.15) is 5.82 Å². The first kappa shape index (κ1) is 15.4. The monoisotopic (exact) mass is 327 g/mol. The highest BCUT2D eigenvalue weighted by Gasteiger charge is 2.22. The Kier molecular flexibility index (Phi) is 3.96. The molecule has 3 rings (SSSR count). The predicted octanol–water partition coefficient (Wildman–Crippen LogP) is 4.03. The normalized spacial score (nSPS) is 11.4. The van der Waals surface area contributed by atoms with E-state index < -0.39 is 9.84 Å². The summed E-state index contributed by atoms with van der Waals surface area (Å²) in [6.45, 7) is 1.89. The molecule has 0 amide bonds. The van der Waals surface area contributed by atoms with E-state index in [1.54, 1.807) is 30.3 Å². The number of rotatable bonds is 3. The van der Waals surface area contributed by atoms with Crippen molar-refractivity contribution < 1.29 is 12.8 Å². The van der Waals surface area contributed by atoms with Gasteiger partial charge < -0.3 is 0 Å². The standard InChI is InChI=1S/C18H14FNO2S/c1-13-4-10-16(11-5-13)23(21,22)17-3-2-12-20-18(17)14-6-8-15(19)9-7-14/h2-12H,1H3. The number of hydrogen-bond acceptors (Lipinski definition) is 3. The van der Waals surface area contributed by atoms with Crippen LogP contribution in [0.5, 0.6) is 0 Å². The quantitative estimate of drug-likeness (QED) is 0.730. The minimum Gasteiger partial charge on any atom is -0.255 e. The predicted molar refractivity (Wildman–Crippen MR) is 86.3 cm³/mol. The Balaban J connectivity index is 2.17. The molecule has 3 nitrogen and oxygen atoms in total. The van der Waals surface area contributed by atoms with Gasteiger partial charge in [-0.3, -0.25) is 4.98 Å². The van der Waals surface area contributed by atoms with Gasteiger partial charge in [0.2, 0.25) is 9.84 Å². The second kappa shape index (κ2) is 5.93. The first-order valence-corrected chi connectivity index (χ1v) is 8.49. The first-order valence-electron chi connectivity index (χ1n) is 7.01. The molecule has 3 aromatic rings. The van der Waals surface area contributed by atoms with Crippen molar-refractivity contribution in [3.8, 4) is 11.3 Å². The fraction of sp³-hybridized carbons (Fsp3) is 0.0556. The number of aromatic nitrogens is 1. The van der Waals surface area contributed by atoms with Crippen LogP contribution in [0.15, 0.2) is 76.7 Å². The summed E-state index contributed by atoms with van der Waals surface area (Å²) in [6, 6.07) is 15.4. The summed E-state index contributed by atoms with van der Waals surface area (Å²) in [5.41, 5.74) is 1.85.